The number of aromatic nitrogens is 2. The third-order valence-electron chi connectivity index (χ3n) is 3.85. The van der Waals surface area contributed by atoms with E-state index in [1.54, 1.807) is 0 Å². The number of thiophene rings is 1. The van der Waals surface area contributed by atoms with Crippen LogP contribution in [-0.4, -0.2) is 21.0 Å². The van der Waals surface area contributed by atoms with Gasteiger partial charge in [-0.05, 0) is 18.1 Å². The number of anilines is 1. The molecule has 0 aliphatic carbocycles. The van der Waals surface area contributed by atoms with Crippen molar-refractivity contribution in [2.45, 2.75) is 32.1 Å². The number of carbonyl (C=O) groups is 1. The lowest BCUT2D eigenvalue weighted by Gasteiger charge is -2.12. The summed E-state index contributed by atoms with van der Waals surface area (Å²) in [5.74, 6) is -0.764. The summed E-state index contributed by atoms with van der Waals surface area (Å²) in [6.45, 7) is 2.07. The first-order valence-corrected chi connectivity index (χ1v) is 8.09. The van der Waals surface area contributed by atoms with E-state index in [1.165, 1.54) is 17.7 Å². The maximum Gasteiger partial charge on any atom is 0.310 e. The Hall–Kier alpha value is -2.21. The van der Waals surface area contributed by atoms with Crippen LogP contribution in [0.5, 0.6) is 0 Å². The highest BCUT2D eigenvalue weighted by Gasteiger charge is 2.20. The van der Waals surface area contributed by atoms with Gasteiger partial charge < -0.3 is 10.8 Å². The van der Waals surface area contributed by atoms with Gasteiger partial charge in [-0.3, -0.25) is 4.79 Å². The molecule has 3 rings (SSSR count). The van der Waals surface area contributed by atoms with Crippen LogP contribution in [0.15, 0.2) is 24.5 Å². The second-order valence-corrected chi connectivity index (χ2v) is 6.38. The number of rotatable bonds is 5. The molecule has 0 saturated carbocycles. The van der Waals surface area contributed by atoms with Crippen molar-refractivity contribution in [1.82, 2.24) is 9.97 Å². The molecule has 1 aromatic carbocycles. The summed E-state index contributed by atoms with van der Waals surface area (Å²) in [6, 6.07) is 5.79. The SMILES string of the molecule is CCCCC(C(=O)O)c1ccc2c(c1)sc1c(N)ncnc12. The number of benzene rings is 1. The van der Waals surface area contributed by atoms with Crippen molar-refractivity contribution in [3.63, 3.8) is 0 Å². The summed E-state index contributed by atoms with van der Waals surface area (Å²) in [4.78, 5) is 19.8. The highest BCUT2D eigenvalue weighted by Crippen LogP contribution is 2.37. The van der Waals surface area contributed by atoms with Gasteiger partial charge in [-0.25, -0.2) is 9.97 Å². The molecule has 0 spiro atoms. The summed E-state index contributed by atoms with van der Waals surface area (Å²) in [5.41, 5.74) is 7.57. The fraction of sp³-hybridized carbons (Fsp3) is 0.312. The van der Waals surface area contributed by atoms with E-state index < -0.39 is 11.9 Å². The van der Waals surface area contributed by atoms with Crippen molar-refractivity contribution < 1.29 is 9.90 Å². The van der Waals surface area contributed by atoms with Crippen molar-refractivity contribution in [2.24, 2.45) is 0 Å². The quantitative estimate of drug-likeness (QED) is 0.748. The Kier molecular flexibility index (Phi) is 3.94. The Morgan fingerprint density at radius 1 is 1.41 bits per heavy atom. The topological polar surface area (TPSA) is 89.1 Å². The third kappa shape index (κ3) is 2.50. The second-order valence-electron chi connectivity index (χ2n) is 5.33. The van der Waals surface area contributed by atoms with Crippen molar-refractivity contribution in [2.75, 3.05) is 5.73 Å². The number of aliphatic carboxylic acids is 1. The minimum absolute atomic E-state index is 0.460. The number of fused-ring (bicyclic) bond motifs is 3. The number of unbranched alkanes of at least 4 members (excludes halogenated alkanes) is 1. The molecule has 0 fully saturated rings. The van der Waals surface area contributed by atoms with E-state index in [0.29, 0.717) is 12.2 Å². The Balaban J connectivity index is 2.10. The van der Waals surface area contributed by atoms with Crippen molar-refractivity contribution in [3.05, 3.63) is 30.1 Å². The number of nitrogen functional groups attached to an aromatic ring is 1. The van der Waals surface area contributed by atoms with Gasteiger partial charge in [-0.1, -0.05) is 31.9 Å². The highest BCUT2D eigenvalue weighted by atomic mass is 32.1. The third-order valence-corrected chi connectivity index (χ3v) is 5.02. The van der Waals surface area contributed by atoms with Gasteiger partial charge in [0.1, 0.15) is 12.1 Å². The largest absolute Gasteiger partial charge is 0.481 e. The van der Waals surface area contributed by atoms with Gasteiger partial charge in [0.25, 0.3) is 0 Å². The molecule has 1 atom stereocenters. The molecule has 0 amide bonds. The van der Waals surface area contributed by atoms with Gasteiger partial charge >= 0.3 is 5.97 Å². The predicted octanol–water partition coefficient (Wildman–Crippen LogP) is 3.79. The number of hydrogen-bond donors (Lipinski definition) is 2. The molecule has 22 heavy (non-hydrogen) atoms. The Bertz CT molecular complexity index is 844. The first-order chi connectivity index (χ1) is 10.6. The van der Waals surface area contributed by atoms with E-state index in [0.717, 1.165) is 38.7 Å². The lowest BCUT2D eigenvalue weighted by molar-refractivity contribution is -0.139. The van der Waals surface area contributed by atoms with Crippen LogP contribution >= 0.6 is 11.3 Å². The number of nitrogens with zero attached hydrogens (tertiary/aromatic N) is 2. The monoisotopic (exact) mass is 315 g/mol. The number of carboxylic acid groups (broad SMARTS) is 1. The fourth-order valence-corrected chi connectivity index (χ4v) is 3.77. The van der Waals surface area contributed by atoms with Gasteiger partial charge in [0, 0.05) is 10.1 Å². The maximum absolute atomic E-state index is 11.5. The van der Waals surface area contributed by atoms with Crippen LogP contribution < -0.4 is 5.73 Å². The van der Waals surface area contributed by atoms with Crippen LogP contribution in [0.2, 0.25) is 0 Å². The molecular weight excluding hydrogens is 298 g/mol. The maximum atomic E-state index is 11.5. The lowest BCUT2D eigenvalue weighted by atomic mass is 9.93. The molecule has 5 nitrogen and oxygen atoms in total. The molecule has 114 valence electrons. The smallest absolute Gasteiger partial charge is 0.310 e. The van der Waals surface area contributed by atoms with Crippen LogP contribution in [0, 0.1) is 0 Å². The molecule has 0 aliphatic rings. The number of hydrogen-bond acceptors (Lipinski definition) is 5. The van der Waals surface area contributed by atoms with Crippen LogP contribution in [0.1, 0.15) is 37.7 Å². The van der Waals surface area contributed by atoms with E-state index in [4.69, 9.17) is 5.73 Å². The van der Waals surface area contributed by atoms with Gasteiger partial charge in [-0.15, -0.1) is 11.3 Å². The Morgan fingerprint density at radius 3 is 2.95 bits per heavy atom. The molecule has 6 heteroatoms. The zero-order valence-electron chi connectivity index (χ0n) is 12.2. The van der Waals surface area contributed by atoms with Crippen LogP contribution in [0.4, 0.5) is 5.82 Å². The molecule has 0 radical (unpaired) electrons. The fourth-order valence-electron chi connectivity index (χ4n) is 2.67. The molecule has 3 aromatic rings. The van der Waals surface area contributed by atoms with Crippen LogP contribution in [0.3, 0.4) is 0 Å². The van der Waals surface area contributed by atoms with Crippen molar-refractivity contribution in [1.29, 1.82) is 0 Å². The molecule has 2 heterocycles. The standard InChI is InChI=1S/C16H17N3O2S/c1-2-3-4-10(16(20)21)9-5-6-11-12(7-9)22-14-13(11)18-8-19-15(14)17/h5-8,10H,2-4H2,1H3,(H,20,21)(H2,17,18,19). The van der Waals surface area contributed by atoms with E-state index in [1.807, 2.05) is 18.2 Å². The Morgan fingerprint density at radius 2 is 2.23 bits per heavy atom. The molecule has 0 saturated heterocycles. The summed E-state index contributed by atoms with van der Waals surface area (Å²) in [7, 11) is 0. The first-order valence-electron chi connectivity index (χ1n) is 7.27. The molecule has 0 bridgehead atoms. The normalized spacial score (nSPS) is 12.8. The average Bonchev–Trinajstić information content (AvgIpc) is 2.87. The van der Waals surface area contributed by atoms with E-state index in [-0.39, 0.29) is 0 Å². The average molecular weight is 315 g/mol. The zero-order chi connectivity index (χ0) is 15.7. The van der Waals surface area contributed by atoms with Gasteiger partial charge in [0.15, 0.2) is 0 Å². The van der Waals surface area contributed by atoms with E-state index >= 15 is 0 Å². The van der Waals surface area contributed by atoms with Gasteiger partial charge in [-0.2, -0.15) is 0 Å². The van der Waals surface area contributed by atoms with Crippen LogP contribution in [0.25, 0.3) is 20.3 Å². The highest BCUT2D eigenvalue weighted by molar-refractivity contribution is 7.26. The molecule has 1 unspecified atom stereocenters. The minimum atomic E-state index is -0.770. The Labute approximate surface area is 131 Å². The predicted molar refractivity (Wildman–Crippen MR) is 89.2 cm³/mol. The lowest BCUT2D eigenvalue weighted by Crippen LogP contribution is -2.11. The molecule has 0 aliphatic heterocycles. The van der Waals surface area contributed by atoms with Crippen LogP contribution in [-0.2, 0) is 4.79 Å². The van der Waals surface area contributed by atoms with E-state index in [2.05, 4.69) is 16.9 Å². The second kappa shape index (κ2) is 5.88. The van der Waals surface area contributed by atoms with Gasteiger partial charge in [0.05, 0.1) is 16.1 Å². The molecular formula is C16H17N3O2S. The summed E-state index contributed by atoms with van der Waals surface area (Å²) in [5, 5.41) is 10.5. The van der Waals surface area contributed by atoms with E-state index in [9.17, 15) is 9.90 Å². The number of carboxylic acids is 1. The van der Waals surface area contributed by atoms with Crippen molar-refractivity contribution >= 4 is 43.4 Å². The summed E-state index contributed by atoms with van der Waals surface area (Å²) in [6.07, 6.45) is 4.00. The first kappa shape index (κ1) is 14.7. The van der Waals surface area contributed by atoms with Crippen molar-refractivity contribution in [3.8, 4) is 0 Å². The summed E-state index contributed by atoms with van der Waals surface area (Å²) >= 11 is 1.51. The molecule has 3 N–H and O–H groups in total. The zero-order valence-corrected chi connectivity index (χ0v) is 13.1. The summed E-state index contributed by atoms with van der Waals surface area (Å²) < 4.78 is 1.86. The number of nitrogens with two attached hydrogens (primary N) is 1. The van der Waals surface area contributed by atoms with Gasteiger partial charge in [0.2, 0.25) is 0 Å². The molecule has 2 aromatic heterocycles. The minimum Gasteiger partial charge on any atom is -0.481 e.